The van der Waals surface area contributed by atoms with Gasteiger partial charge in [0.15, 0.2) is 45.5 Å². The number of aliphatic hydroxyl groups is 1. The molecule has 2 aromatic rings. The highest BCUT2D eigenvalue weighted by Crippen LogP contribution is 2.38. The molecule has 0 amide bonds. The van der Waals surface area contributed by atoms with Crippen LogP contribution in [0.4, 0.5) is 17.6 Å². The molecule has 0 radical (unpaired) electrons. The van der Waals surface area contributed by atoms with Gasteiger partial charge >= 0.3 is 0 Å². The van der Waals surface area contributed by atoms with Crippen LogP contribution in [0.2, 0.25) is 5.28 Å². The summed E-state index contributed by atoms with van der Waals surface area (Å²) in [7, 11) is 0. The molecule has 7 rings (SSSR count). The largest absolute Gasteiger partial charge is 0.389 e. The van der Waals surface area contributed by atoms with Gasteiger partial charge < -0.3 is 29.3 Å². The van der Waals surface area contributed by atoms with Crippen LogP contribution in [-0.2, 0) is 44.7 Å². The lowest BCUT2D eigenvalue weighted by atomic mass is 10.1. The first-order chi connectivity index (χ1) is 21.4. The van der Waals surface area contributed by atoms with Gasteiger partial charge in [0.25, 0.3) is 9.79 Å². The molecule has 5 aliphatic rings. The highest BCUT2D eigenvalue weighted by atomic mass is 35.5. The first-order valence-electron chi connectivity index (χ1n) is 15.8. The quantitative estimate of drug-likeness (QED) is 0.295. The molecule has 0 aliphatic carbocycles. The van der Waals surface area contributed by atoms with Crippen LogP contribution in [-0.4, -0.2) is 116 Å². The van der Waals surface area contributed by atoms with Gasteiger partial charge in [-0.1, -0.05) is 0 Å². The highest BCUT2D eigenvalue weighted by Gasteiger charge is 2.42. The molecule has 0 aromatic carbocycles. The van der Waals surface area contributed by atoms with Crippen molar-refractivity contribution in [3.05, 3.63) is 16.7 Å². The van der Waals surface area contributed by atoms with E-state index in [1.165, 1.54) is 0 Å². The fraction of sp³-hybridized carbons (Fsp3) is 0.724. The number of ether oxygens (including phenoxy) is 2. The smallest absolute Gasteiger partial charge is 0.253 e. The van der Waals surface area contributed by atoms with Crippen molar-refractivity contribution in [2.24, 2.45) is 0 Å². The number of aryl methyl sites for hydroxylation is 2. The molecule has 0 spiro atoms. The van der Waals surface area contributed by atoms with Crippen molar-refractivity contribution < 1.29 is 23.7 Å². The summed E-state index contributed by atoms with van der Waals surface area (Å²) in [6, 6.07) is 0.802. The molecule has 2 atom stereocenters. The number of aliphatic hydroxyl groups excluding tert-OH is 1. The van der Waals surface area contributed by atoms with E-state index in [2.05, 4.69) is 38.6 Å². The van der Waals surface area contributed by atoms with Crippen molar-refractivity contribution in [3.8, 4) is 0 Å². The molecular formula is C29H44ClN7O5S2+2. The number of hydrogen-bond donors (Lipinski definition) is 3. The van der Waals surface area contributed by atoms with Crippen molar-refractivity contribution in [2.45, 2.75) is 80.4 Å². The van der Waals surface area contributed by atoms with Crippen LogP contribution in [0.3, 0.4) is 0 Å². The van der Waals surface area contributed by atoms with E-state index < -0.39 is 22.4 Å². The van der Waals surface area contributed by atoms with Crippen LogP contribution >= 0.6 is 11.6 Å². The van der Waals surface area contributed by atoms with Gasteiger partial charge in [-0.25, -0.2) is 9.97 Å². The van der Waals surface area contributed by atoms with Gasteiger partial charge in [-0.05, 0) is 51.1 Å². The van der Waals surface area contributed by atoms with Crippen molar-refractivity contribution in [2.75, 3.05) is 78.8 Å². The molecular weight excluding hydrogens is 626 g/mol. The van der Waals surface area contributed by atoms with Crippen LogP contribution < -0.4 is 14.7 Å². The highest BCUT2D eigenvalue weighted by molar-refractivity contribution is 7.92. The topological polar surface area (TPSA) is 140 Å². The first-order valence-corrected chi connectivity index (χ1v) is 18.8. The van der Waals surface area contributed by atoms with Gasteiger partial charge in [0, 0.05) is 77.5 Å². The summed E-state index contributed by atoms with van der Waals surface area (Å²) >= 11 is 4.55. The number of nitrogens with zero attached hydrogens (tertiary/aromatic N) is 7. The Morgan fingerprint density at radius 3 is 1.73 bits per heavy atom. The Balaban J connectivity index is 0.000000159. The van der Waals surface area contributed by atoms with Gasteiger partial charge in [-0.3, -0.25) is 0 Å². The van der Waals surface area contributed by atoms with Crippen LogP contribution in [0.5, 0.6) is 0 Å². The third kappa shape index (κ3) is 6.73. The summed E-state index contributed by atoms with van der Waals surface area (Å²) in [5.41, 5.74) is 1.89. The van der Waals surface area contributed by atoms with E-state index in [1.54, 1.807) is 0 Å². The van der Waals surface area contributed by atoms with E-state index in [1.807, 2.05) is 4.90 Å². The number of fused-ring (bicyclic) bond motifs is 2. The zero-order valence-corrected chi connectivity index (χ0v) is 27.9. The average molecular weight is 670 g/mol. The van der Waals surface area contributed by atoms with Crippen molar-refractivity contribution in [1.29, 1.82) is 0 Å². The lowest BCUT2D eigenvalue weighted by Crippen LogP contribution is -2.52. The summed E-state index contributed by atoms with van der Waals surface area (Å²) in [5.74, 6) is 3.90. The second-order valence-electron chi connectivity index (χ2n) is 11.7. The number of aromatic nitrogens is 4. The van der Waals surface area contributed by atoms with Gasteiger partial charge in [0.2, 0.25) is 11.2 Å². The third-order valence-electron chi connectivity index (χ3n) is 8.97. The van der Waals surface area contributed by atoms with Crippen LogP contribution in [0.1, 0.15) is 50.9 Å². The number of β-amino-alcohol motifs (C(OH)–C–C–N with tert-alkyl or cyclic N) is 1. The Hall–Kier alpha value is -1.65. The molecule has 12 nitrogen and oxygen atoms in total. The number of halogens is 1. The van der Waals surface area contributed by atoms with E-state index in [9.17, 15) is 14.2 Å². The minimum absolute atomic E-state index is 0.281. The summed E-state index contributed by atoms with van der Waals surface area (Å²) < 4.78 is 31.7. The fourth-order valence-electron chi connectivity index (χ4n) is 6.64. The molecule has 242 valence electrons. The summed E-state index contributed by atoms with van der Waals surface area (Å²) in [4.78, 5) is 26.7. The summed E-state index contributed by atoms with van der Waals surface area (Å²) in [6.45, 7) is 10.3. The number of rotatable bonds is 7. The Labute approximate surface area is 270 Å². The van der Waals surface area contributed by atoms with E-state index in [0.29, 0.717) is 31.1 Å². The zero-order chi connectivity index (χ0) is 30.8. The molecule has 3 saturated heterocycles. The van der Waals surface area contributed by atoms with E-state index in [0.717, 1.165) is 122 Å². The van der Waals surface area contributed by atoms with E-state index >= 15 is 0 Å². The summed E-state index contributed by atoms with van der Waals surface area (Å²) in [5, 5.41) is 9.86. The van der Waals surface area contributed by atoms with Gasteiger partial charge in [-0.2, -0.15) is 19.1 Å². The van der Waals surface area contributed by atoms with Crippen LogP contribution in [0.25, 0.3) is 0 Å². The molecule has 0 saturated carbocycles. The van der Waals surface area contributed by atoms with Crippen LogP contribution in [0.15, 0.2) is 9.79 Å². The van der Waals surface area contributed by atoms with Gasteiger partial charge in [0.05, 0.1) is 6.10 Å². The monoisotopic (exact) mass is 669 g/mol. The lowest BCUT2D eigenvalue weighted by molar-refractivity contribution is 0.0843. The Kier molecular flexibility index (Phi) is 10.6. The van der Waals surface area contributed by atoms with Gasteiger partial charge in [0.1, 0.15) is 11.4 Å². The number of hydrogen-bond acceptors (Lipinski definition) is 12. The molecule has 2 unspecified atom stereocenters. The maximum atomic E-state index is 10.5. The molecule has 5 aliphatic heterocycles. The second kappa shape index (κ2) is 14.4. The Bertz CT molecular complexity index is 1300. The molecule has 3 N–H and O–H groups in total. The molecule has 15 heteroatoms. The lowest BCUT2D eigenvalue weighted by Gasteiger charge is -2.38. The predicted molar refractivity (Wildman–Crippen MR) is 175 cm³/mol. The third-order valence-corrected chi connectivity index (χ3v) is 12.1. The minimum Gasteiger partial charge on any atom is -0.389 e. The average Bonchev–Trinajstić information content (AvgIpc) is 3.59. The predicted octanol–water partition coefficient (Wildman–Crippen LogP) is 2.81. The molecule has 7 heterocycles. The van der Waals surface area contributed by atoms with Crippen molar-refractivity contribution >= 4 is 51.5 Å². The normalized spacial score (nSPS) is 23.9. The maximum Gasteiger partial charge on any atom is 0.253 e. The van der Waals surface area contributed by atoms with E-state index in [-0.39, 0.29) is 11.4 Å². The minimum atomic E-state index is -0.764. The zero-order valence-electron chi connectivity index (χ0n) is 25.5. The standard InChI is InChI=1S/C16H25N4O3S.C13H19ClN3O2S/c1-2-20(11-3-6-23-7-4-11)15-14-13(5-8-24(14)22)17-16(18-15)19-9-12(21)10-19;1-2-17(9-3-6-19-7-4-9)12-11-10(5-8-20(11)18)15-13(14)16-12/h11-12,21-22H,2-10H2,1H3;9,18H,2-8H2,1H3/q2*+1. The van der Waals surface area contributed by atoms with Crippen LogP contribution in [0, 0.1) is 0 Å². The first kappa shape index (κ1) is 32.3. The van der Waals surface area contributed by atoms with Gasteiger partial charge in [-0.15, -0.1) is 0 Å². The fourth-order valence-corrected chi connectivity index (χ4v) is 9.59. The van der Waals surface area contributed by atoms with Crippen molar-refractivity contribution in [1.82, 2.24) is 19.9 Å². The molecule has 0 bridgehead atoms. The summed E-state index contributed by atoms with van der Waals surface area (Å²) in [6.07, 6.45) is 5.27. The SMILES string of the molecule is CCN(c1nc(Cl)nc2c1[S+](O)CC2)C1CCOCC1.CCN(c1nc(N2CC(O)C2)nc2c1[S+](O)CC2)C1CCOCC1. The number of anilines is 3. The molecule has 2 aromatic heterocycles. The molecule has 3 fully saturated rings. The van der Waals surface area contributed by atoms with Crippen molar-refractivity contribution in [3.63, 3.8) is 0 Å². The Morgan fingerprint density at radius 2 is 1.25 bits per heavy atom. The second-order valence-corrected chi connectivity index (χ2v) is 15.1. The maximum absolute atomic E-state index is 10.5. The molecule has 44 heavy (non-hydrogen) atoms. The van der Waals surface area contributed by atoms with E-state index in [4.69, 9.17) is 26.1 Å². The Morgan fingerprint density at radius 1 is 0.773 bits per heavy atom.